The van der Waals surface area contributed by atoms with Crippen molar-refractivity contribution in [2.45, 2.75) is 18.9 Å². The second-order valence-corrected chi connectivity index (χ2v) is 5.35. The van der Waals surface area contributed by atoms with Crippen LogP contribution in [-0.2, 0) is 0 Å². The lowest BCUT2D eigenvalue weighted by molar-refractivity contribution is 0.678. The maximum absolute atomic E-state index is 4.19. The molecule has 1 aliphatic rings. The number of hydrogen-bond acceptors (Lipinski definition) is 4. The van der Waals surface area contributed by atoms with Gasteiger partial charge in [-0.3, -0.25) is 0 Å². The Labute approximate surface area is 96.2 Å². The van der Waals surface area contributed by atoms with Crippen molar-refractivity contribution < 1.29 is 0 Å². The summed E-state index contributed by atoms with van der Waals surface area (Å²) in [5.74, 6) is 3.19. The molecule has 0 spiro atoms. The van der Waals surface area contributed by atoms with Crippen molar-refractivity contribution in [2.24, 2.45) is 0 Å². The van der Waals surface area contributed by atoms with Gasteiger partial charge in [0.05, 0.1) is 4.47 Å². The van der Waals surface area contributed by atoms with Crippen LogP contribution >= 0.6 is 27.7 Å². The zero-order valence-corrected chi connectivity index (χ0v) is 10.1. The average molecular weight is 274 g/mol. The fraction of sp³-hybridized carbons (Fsp3) is 0.556. The first-order valence-corrected chi connectivity index (χ1v) is 6.61. The molecule has 1 aromatic heterocycles. The molecular weight excluding hydrogens is 262 g/mol. The molecule has 1 aromatic rings. The van der Waals surface area contributed by atoms with Crippen molar-refractivity contribution in [3.63, 3.8) is 0 Å². The SMILES string of the molecule is Brc1cnc(NC2CCCSC2)nc1. The van der Waals surface area contributed by atoms with Crippen molar-refractivity contribution in [3.8, 4) is 0 Å². The minimum atomic E-state index is 0.537. The molecular formula is C9H12BrN3S. The van der Waals surface area contributed by atoms with Crippen LogP contribution in [0.5, 0.6) is 0 Å². The number of anilines is 1. The van der Waals surface area contributed by atoms with Crippen LogP contribution in [0.15, 0.2) is 16.9 Å². The summed E-state index contributed by atoms with van der Waals surface area (Å²) in [4.78, 5) is 8.39. The van der Waals surface area contributed by atoms with E-state index in [2.05, 4.69) is 31.2 Å². The van der Waals surface area contributed by atoms with E-state index < -0.39 is 0 Å². The molecule has 0 aliphatic carbocycles. The zero-order valence-electron chi connectivity index (χ0n) is 7.74. The summed E-state index contributed by atoms with van der Waals surface area (Å²) < 4.78 is 0.918. The summed E-state index contributed by atoms with van der Waals surface area (Å²) in [5.41, 5.74) is 0. The third-order valence-corrected chi connectivity index (χ3v) is 3.74. The van der Waals surface area contributed by atoms with Gasteiger partial charge in [0.1, 0.15) is 0 Å². The summed E-state index contributed by atoms with van der Waals surface area (Å²) in [6.07, 6.45) is 6.06. The van der Waals surface area contributed by atoms with Crippen LogP contribution in [0, 0.1) is 0 Å². The van der Waals surface area contributed by atoms with Crippen molar-refractivity contribution in [3.05, 3.63) is 16.9 Å². The fourth-order valence-corrected chi connectivity index (χ4v) is 2.70. The highest BCUT2D eigenvalue weighted by molar-refractivity contribution is 9.10. The van der Waals surface area contributed by atoms with E-state index in [1.54, 1.807) is 12.4 Å². The monoisotopic (exact) mass is 273 g/mol. The lowest BCUT2D eigenvalue weighted by Crippen LogP contribution is -2.26. The van der Waals surface area contributed by atoms with Crippen LogP contribution in [0.2, 0.25) is 0 Å². The van der Waals surface area contributed by atoms with Gasteiger partial charge in [-0.05, 0) is 34.5 Å². The minimum Gasteiger partial charge on any atom is -0.351 e. The maximum Gasteiger partial charge on any atom is 0.222 e. The standard InChI is InChI=1S/C9H12BrN3S/c10-7-4-11-9(12-5-7)13-8-2-1-3-14-6-8/h4-5,8H,1-3,6H2,(H,11,12,13). The summed E-state index contributed by atoms with van der Waals surface area (Å²) >= 11 is 5.31. The van der Waals surface area contributed by atoms with Gasteiger partial charge in [0.2, 0.25) is 5.95 Å². The number of halogens is 1. The Morgan fingerprint density at radius 1 is 1.43 bits per heavy atom. The number of thioether (sulfide) groups is 1. The topological polar surface area (TPSA) is 37.8 Å². The van der Waals surface area contributed by atoms with Crippen LogP contribution in [0.3, 0.4) is 0 Å². The highest BCUT2D eigenvalue weighted by atomic mass is 79.9. The Morgan fingerprint density at radius 3 is 2.86 bits per heavy atom. The summed E-state index contributed by atoms with van der Waals surface area (Å²) in [5, 5.41) is 3.34. The van der Waals surface area contributed by atoms with Gasteiger partial charge in [-0.25, -0.2) is 9.97 Å². The number of hydrogen-bond donors (Lipinski definition) is 1. The highest BCUT2D eigenvalue weighted by Gasteiger charge is 2.13. The van der Waals surface area contributed by atoms with E-state index in [0.717, 1.165) is 10.4 Å². The van der Waals surface area contributed by atoms with Crippen molar-refractivity contribution >= 4 is 33.6 Å². The molecule has 1 saturated heterocycles. The molecule has 1 unspecified atom stereocenters. The zero-order chi connectivity index (χ0) is 9.80. The predicted molar refractivity (Wildman–Crippen MR) is 63.7 cm³/mol. The molecule has 2 heterocycles. The summed E-state index contributed by atoms with van der Waals surface area (Å²) in [6.45, 7) is 0. The number of rotatable bonds is 2. The molecule has 0 amide bonds. The molecule has 1 aliphatic heterocycles. The van der Waals surface area contributed by atoms with Gasteiger partial charge in [0.25, 0.3) is 0 Å². The molecule has 1 fully saturated rings. The van der Waals surface area contributed by atoms with Crippen LogP contribution in [-0.4, -0.2) is 27.5 Å². The van der Waals surface area contributed by atoms with Crippen molar-refractivity contribution in [1.29, 1.82) is 0 Å². The van der Waals surface area contributed by atoms with Gasteiger partial charge in [0.15, 0.2) is 0 Å². The molecule has 3 nitrogen and oxygen atoms in total. The quantitative estimate of drug-likeness (QED) is 0.899. The lowest BCUT2D eigenvalue weighted by Gasteiger charge is -2.22. The van der Waals surface area contributed by atoms with Crippen LogP contribution in [0.1, 0.15) is 12.8 Å². The molecule has 0 radical (unpaired) electrons. The molecule has 2 rings (SSSR count). The highest BCUT2D eigenvalue weighted by Crippen LogP contribution is 2.19. The molecule has 1 N–H and O–H groups in total. The lowest BCUT2D eigenvalue weighted by atomic mass is 10.2. The second-order valence-electron chi connectivity index (χ2n) is 3.28. The maximum atomic E-state index is 4.19. The van der Waals surface area contributed by atoms with E-state index >= 15 is 0 Å². The third kappa shape index (κ3) is 2.85. The van der Waals surface area contributed by atoms with Gasteiger partial charge in [-0.15, -0.1) is 0 Å². The molecule has 0 saturated carbocycles. The van der Waals surface area contributed by atoms with E-state index in [1.165, 1.54) is 24.3 Å². The van der Waals surface area contributed by atoms with Crippen LogP contribution in [0.4, 0.5) is 5.95 Å². The first kappa shape index (κ1) is 10.2. The third-order valence-electron chi connectivity index (χ3n) is 2.11. The van der Waals surface area contributed by atoms with Gasteiger partial charge in [-0.1, -0.05) is 0 Å². The Hall–Kier alpha value is -0.290. The molecule has 14 heavy (non-hydrogen) atoms. The average Bonchev–Trinajstić information content (AvgIpc) is 2.23. The Morgan fingerprint density at radius 2 is 2.21 bits per heavy atom. The van der Waals surface area contributed by atoms with E-state index in [-0.39, 0.29) is 0 Å². The minimum absolute atomic E-state index is 0.537. The van der Waals surface area contributed by atoms with E-state index in [4.69, 9.17) is 0 Å². The van der Waals surface area contributed by atoms with E-state index in [9.17, 15) is 0 Å². The summed E-state index contributed by atoms with van der Waals surface area (Å²) in [6, 6.07) is 0.537. The largest absolute Gasteiger partial charge is 0.351 e. The number of aromatic nitrogens is 2. The smallest absolute Gasteiger partial charge is 0.222 e. The molecule has 1 atom stereocenters. The van der Waals surface area contributed by atoms with E-state index in [1.807, 2.05) is 11.8 Å². The van der Waals surface area contributed by atoms with Gasteiger partial charge in [0, 0.05) is 24.2 Å². The van der Waals surface area contributed by atoms with Crippen molar-refractivity contribution in [1.82, 2.24) is 9.97 Å². The molecule has 5 heteroatoms. The predicted octanol–water partition coefficient (Wildman–Crippen LogP) is 2.55. The van der Waals surface area contributed by atoms with E-state index in [0.29, 0.717) is 6.04 Å². The van der Waals surface area contributed by atoms with Gasteiger partial charge >= 0.3 is 0 Å². The first-order chi connectivity index (χ1) is 6.84. The fourth-order valence-electron chi connectivity index (χ4n) is 1.42. The van der Waals surface area contributed by atoms with Gasteiger partial charge < -0.3 is 5.32 Å². The molecule has 0 aromatic carbocycles. The first-order valence-electron chi connectivity index (χ1n) is 4.66. The number of nitrogens with zero attached hydrogens (tertiary/aromatic N) is 2. The van der Waals surface area contributed by atoms with Crippen LogP contribution in [0.25, 0.3) is 0 Å². The Balaban J connectivity index is 1.92. The van der Waals surface area contributed by atoms with Crippen LogP contribution < -0.4 is 5.32 Å². The Bertz CT molecular complexity index is 285. The molecule has 76 valence electrons. The Kier molecular flexibility index (Phi) is 3.64. The second kappa shape index (κ2) is 4.98. The normalized spacial score (nSPS) is 21.9. The summed E-state index contributed by atoms with van der Waals surface area (Å²) in [7, 11) is 0. The van der Waals surface area contributed by atoms with Crippen molar-refractivity contribution in [2.75, 3.05) is 16.8 Å². The number of nitrogens with one attached hydrogen (secondary N) is 1. The molecule has 0 bridgehead atoms. The van der Waals surface area contributed by atoms with Gasteiger partial charge in [-0.2, -0.15) is 11.8 Å².